The molecule has 1 N–H and O–H groups in total. The van der Waals surface area contributed by atoms with Crippen molar-refractivity contribution in [3.8, 4) is 0 Å². The molecule has 4 nitrogen and oxygen atoms in total. The van der Waals surface area contributed by atoms with Crippen LogP contribution >= 0.6 is 0 Å². The third-order valence-electron chi connectivity index (χ3n) is 4.21. The van der Waals surface area contributed by atoms with Gasteiger partial charge in [0.15, 0.2) is 0 Å². The van der Waals surface area contributed by atoms with Crippen molar-refractivity contribution in [3.63, 3.8) is 0 Å². The van der Waals surface area contributed by atoms with Gasteiger partial charge in [0, 0.05) is 18.7 Å². The van der Waals surface area contributed by atoms with E-state index in [4.69, 9.17) is 0 Å². The highest BCUT2D eigenvalue weighted by Gasteiger charge is 2.31. The molecular weight excluding hydrogens is 259 g/mol. The minimum atomic E-state index is -0.558. The molecule has 0 bridgehead atoms. The minimum Gasteiger partial charge on any atom is -0.309 e. The Morgan fingerprint density at radius 3 is 2.80 bits per heavy atom. The lowest BCUT2D eigenvalue weighted by Crippen LogP contribution is -2.43. The van der Waals surface area contributed by atoms with Crippen molar-refractivity contribution in [2.45, 2.75) is 52.1 Å². The lowest BCUT2D eigenvalue weighted by atomic mass is 9.73. The third kappa shape index (κ3) is 3.54. The lowest BCUT2D eigenvalue weighted by Gasteiger charge is -2.39. The zero-order chi connectivity index (χ0) is 14.8. The number of hydrogen-bond donors (Lipinski definition) is 1. The summed E-state index contributed by atoms with van der Waals surface area (Å²) < 4.78 is 13.4. The summed E-state index contributed by atoms with van der Waals surface area (Å²) in [5.74, 6) is -0.557. The van der Waals surface area contributed by atoms with Crippen molar-refractivity contribution in [2.24, 2.45) is 5.41 Å². The third-order valence-corrected chi connectivity index (χ3v) is 4.21. The molecule has 1 atom stereocenters. The van der Waals surface area contributed by atoms with Gasteiger partial charge in [-0.2, -0.15) is 0 Å². The van der Waals surface area contributed by atoms with Crippen LogP contribution in [0.25, 0.3) is 0 Å². The number of nitrogens with zero attached hydrogens (tertiary/aromatic N) is 1. The predicted octanol–water partition coefficient (Wildman–Crippen LogP) is 3.79. The van der Waals surface area contributed by atoms with Crippen molar-refractivity contribution in [3.05, 3.63) is 39.7 Å². The number of nitro benzene ring substituents is 1. The van der Waals surface area contributed by atoms with Gasteiger partial charge in [0.25, 0.3) is 5.69 Å². The number of non-ortho nitro benzene ring substituents is 1. The fraction of sp³-hybridized carbons (Fsp3) is 0.600. The maximum absolute atomic E-state index is 13.4. The Morgan fingerprint density at radius 1 is 1.40 bits per heavy atom. The highest BCUT2D eigenvalue weighted by molar-refractivity contribution is 5.35. The van der Waals surface area contributed by atoms with Crippen LogP contribution in [0.2, 0.25) is 0 Å². The first-order valence-electron chi connectivity index (χ1n) is 7.06. The highest BCUT2D eigenvalue weighted by atomic mass is 19.1. The molecule has 0 radical (unpaired) electrons. The Kier molecular flexibility index (Phi) is 4.38. The first-order valence-corrected chi connectivity index (χ1v) is 7.06. The molecule has 0 aliphatic heterocycles. The summed E-state index contributed by atoms with van der Waals surface area (Å²) in [5.41, 5.74) is 0.653. The number of nitrogens with one attached hydrogen (secondary N) is 1. The van der Waals surface area contributed by atoms with Crippen molar-refractivity contribution in [1.29, 1.82) is 0 Å². The molecule has 110 valence electrons. The van der Waals surface area contributed by atoms with E-state index in [2.05, 4.69) is 19.2 Å². The number of benzene rings is 1. The Labute approximate surface area is 118 Å². The smallest absolute Gasteiger partial charge is 0.272 e. The van der Waals surface area contributed by atoms with E-state index in [0.717, 1.165) is 12.5 Å². The lowest BCUT2D eigenvalue weighted by molar-refractivity contribution is -0.385. The van der Waals surface area contributed by atoms with Crippen molar-refractivity contribution in [2.75, 3.05) is 0 Å². The average Bonchev–Trinajstić information content (AvgIpc) is 2.36. The van der Waals surface area contributed by atoms with E-state index >= 15 is 0 Å². The quantitative estimate of drug-likeness (QED) is 0.674. The van der Waals surface area contributed by atoms with Crippen LogP contribution < -0.4 is 5.32 Å². The van der Waals surface area contributed by atoms with Crippen LogP contribution in [0.3, 0.4) is 0 Å². The second-order valence-corrected chi connectivity index (χ2v) is 6.24. The molecule has 1 aliphatic rings. The summed E-state index contributed by atoms with van der Waals surface area (Å²) in [7, 11) is 0. The number of rotatable bonds is 4. The molecule has 1 aliphatic carbocycles. The van der Waals surface area contributed by atoms with E-state index in [1.807, 2.05) is 0 Å². The molecule has 0 aromatic heterocycles. The van der Waals surface area contributed by atoms with E-state index in [9.17, 15) is 14.5 Å². The predicted molar refractivity (Wildman–Crippen MR) is 75.9 cm³/mol. The van der Waals surface area contributed by atoms with Crippen LogP contribution in [0.5, 0.6) is 0 Å². The first kappa shape index (κ1) is 14.9. The molecule has 0 spiro atoms. The molecule has 1 aromatic rings. The molecule has 1 fully saturated rings. The Morgan fingerprint density at radius 2 is 2.15 bits per heavy atom. The van der Waals surface area contributed by atoms with E-state index in [-0.39, 0.29) is 11.1 Å². The molecule has 1 aromatic carbocycles. The fourth-order valence-electron chi connectivity index (χ4n) is 2.95. The largest absolute Gasteiger partial charge is 0.309 e. The summed E-state index contributed by atoms with van der Waals surface area (Å²) in [6, 6.07) is 4.12. The Bertz CT molecular complexity index is 503. The van der Waals surface area contributed by atoms with Crippen LogP contribution in [-0.4, -0.2) is 11.0 Å². The van der Waals surface area contributed by atoms with Gasteiger partial charge in [0.1, 0.15) is 5.82 Å². The van der Waals surface area contributed by atoms with Crippen molar-refractivity contribution >= 4 is 5.69 Å². The summed E-state index contributed by atoms with van der Waals surface area (Å²) >= 11 is 0. The zero-order valence-corrected chi connectivity index (χ0v) is 12.0. The summed E-state index contributed by atoms with van der Waals surface area (Å²) in [5, 5.41) is 14.2. The molecule has 2 rings (SSSR count). The van der Waals surface area contributed by atoms with Crippen LogP contribution in [0, 0.1) is 21.3 Å². The second-order valence-electron chi connectivity index (χ2n) is 6.24. The van der Waals surface area contributed by atoms with Gasteiger partial charge < -0.3 is 5.32 Å². The molecule has 0 saturated heterocycles. The fourth-order valence-corrected chi connectivity index (χ4v) is 2.95. The molecule has 1 saturated carbocycles. The van der Waals surface area contributed by atoms with Crippen molar-refractivity contribution < 1.29 is 9.31 Å². The monoisotopic (exact) mass is 280 g/mol. The van der Waals surface area contributed by atoms with Gasteiger partial charge in [-0.3, -0.25) is 10.1 Å². The standard InChI is InChI=1S/C15H21FN2O2/c1-15(2)6-4-3-5-14(15)17-10-11-7-12(16)9-13(8-11)18(19)20/h7-9,14,17H,3-6,10H2,1-2H3. The second kappa shape index (κ2) is 5.87. The van der Waals surface area contributed by atoms with Crippen LogP contribution in [0.15, 0.2) is 18.2 Å². The van der Waals surface area contributed by atoms with E-state index in [0.29, 0.717) is 18.2 Å². The Balaban J connectivity index is 2.05. The minimum absolute atomic E-state index is 0.190. The number of nitro groups is 1. The molecule has 1 unspecified atom stereocenters. The van der Waals surface area contributed by atoms with Crippen LogP contribution in [0.1, 0.15) is 45.1 Å². The highest BCUT2D eigenvalue weighted by Crippen LogP contribution is 2.35. The SMILES string of the molecule is CC1(C)CCCCC1NCc1cc(F)cc([N+](=O)[O-])c1. The van der Waals surface area contributed by atoms with Gasteiger partial charge in [-0.1, -0.05) is 26.7 Å². The maximum Gasteiger partial charge on any atom is 0.272 e. The average molecular weight is 280 g/mol. The molecule has 0 amide bonds. The Hall–Kier alpha value is -1.49. The van der Waals surface area contributed by atoms with E-state index in [1.54, 1.807) is 0 Å². The zero-order valence-electron chi connectivity index (χ0n) is 12.0. The van der Waals surface area contributed by atoms with Crippen LogP contribution in [0.4, 0.5) is 10.1 Å². The molecule has 20 heavy (non-hydrogen) atoms. The van der Waals surface area contributed by atoms with Gasteiger partial charge in [-0.05, 0) is 29.9 Å². The van der Waals surface area contributed by atoms with Gasteiger partial charge in [-0.25, -0.2) is 4.39 Å². The van der Waals surface area contributed by atoms with Gasteiger partial charge in [-0.15, -0.1) is 0 Å². The normalized spacial score (nSPS) is 21.6. The molecular formula is C15H21FN2O2. The van der Waals surface area contributed by atoms with E-state index < -0.39 is 10.7 Å². The summed E-state index contributed by atoms with van der Waals surface area (Å²) in [4.78, 5) is 10.2. The maximum atomic E-state index is 13.4. The van der Waals surface area contributed by atoms with Crippen LogP contribution in [-0.2, 0) is 6.54 Å². The van der Waals surface area contributed by atoms with Gasteiger partial charge in [0.2, 0.25) is 0 Å². The topological polar surface area (TPSA) is 55.2 Å². The summed E-state index contributed by atoms with van der Waals surface area (Å²) in [6.45, 7) is 4.93. The number of halogens is 1. The summed E-state index contributed by atoms with van der Waals surface area (Å²) in [6.07, 6.45) is 4.72. The molecule has 5 heteroatoms. The van der Waals surface area contributed by atoms with Crippen molar-refractivity contribution in [1.82, 2.24) is 5.32 Å². The first-order chi connectivity index (χ1) is 9.38. The van der Waals surface area contributed by atoms with Gasteiger partial charge >= 0.3 is 0 Å². The molecule has 0 heterocycles. The number of hydrogen-bond acceptors (Lipinski definition) is 3. The van der Waals surface area contributed by atoms with E-state index in [1.165, 1.54) is 31.4 Å². The van der Waals surface area contributed by atoms with Gasteiger partial charge in [0.05, 0.1) is 11.0 Å².